The van der Waals surface area contributed by atoms with Gasteiger partial charge in [0.1, 0.15) is 11.6 Å². The molecular weight excluding hydrogens is 294 g/mol. The summed E-state index contributed by atoms with van der Waals surface area (Å²) in [7, 11) is 1.64. The average Bonchev–Trinajstić information content (AvgIpc) is 2.99. The Balaban J connectivity index is 2.44. The molecule has 0 spiro atoms. The molecule has 2 rings (SSSR count). The predicted octanol–water partition coefficient (Wildman–Crippen LogP) is 3.39. The van der Waals surface area contributed by atoms with E-state index in [0.29, 0.717) is 34.9 Å². The van der Waals surface area contributed by atoms with Crippen molar-refractivity contribution in [1.82, 2.24) is 20.0 Å². The van der Waals surface area contributed by atoms with E-state index in [4.69, 9.17) is 0 Å². The van der Waals surface area contributed by atoms with Crippen LogP contribution in [0.3, 0.4) is 0 Å². The van der Waals surface area contributed by atoms with Crippen LogP contribution in [0.1, 0.15) is 51.1 Å². The van der Waals surface area contributed by atoms with Crippen LogP contribution in [0.4, 0.5) is 11.5 Å². The van der Waals surface area contributed by atoms with E-state index in [-0.39, 0.29) is 11.3 Å². The van der Waals surface area contributed by atoms with Crippen molar-refractivity contribution in [1.29, 1.82) is 5.26 Å². The molecule has 23 heavy (non-hydrogen) atoms. The lowest BCUT2D eigenvalue weighted by Crippen LogP contribution is -2.12. The van der Waals surface area contributed by atoms with Crippen molar-refractivity contribution in [3.63, 3.8) is 0 Å². The van der Waals surface area contributed by atoms with Crippen LogP contribution >= 0.6 is 0 Å². The highest BCUT2D eigenvalue weighted by molar-refractivity contribution is 5.55. The van der Waals surface area contributed by atoms with Gasteiger partial charge in [-0.05, 0) is 6.42 Å². The van der Waals surface area contributed by atoms with Gasteiger partial charge in [-0.25, -0.2) is 4.68 Å². The van der Waals surface area contributed by atoms with Crippen LogP contribution in [0.2, 0.25) is 0 Å². The molecule has 0 atom stereocenters. The van der Waals surface area contributed by atoms with Crippen molar-refractivity contribution in [3.05, 3.63) is 17.0 Å². The zero-order chi connectivity index (χ0) is 17.2. The number of nitriles is 1. The molecule has 0 aromatic carbocycles. The van der Waals surface area contributed by atoms with E-state index in [1.165, 1.54) is 4.68 Å². The number of rotatable bonds is 4. The third-order valence-corrected chi connectivity index (χ3v) is 3.37. The third-order valence-electron chi connectivity index (χ3n) is 3.37. The Labute approximate surface area is 134 Å². The van der Waals surface area contributed by atoms with Crippen LogP contribution in [0.15, 0.2) is 10.2 Å². The minimum absolute atomic E-state index is 0.0644. The number of azo groups is 1. The Hall–Kier alpha value is -2.69. The van der Waals surface area contributed by atoms with Gasteiger partial charge in [-0.3, -0.25) is 5.10 Å². The number of H-pyrrole nitrogens is 1. The van der Waals surface area contributed by atoms with Crippen LogP contribution < -0.4 is 0 Å². The fourth-order valence-electron chi connectivity index (χ4n) is 2.18. The Kier molecular flexibility index (Phi) is 4.50. The molecule has 0 unspecified atom stereocenters. The molecule has 2 aromatic heterocycles. The summed E-state index contributed by atoms with van der Waals surface area (Å²) in [5.74, 6) is 0.226. The fourth-order valence-corrected chi connectivity index (χ4v) is 2.18. The van der Waals surface area contributed by atoms with Gasteiger partial charge in [0.05, 0.1) is 11.4 Å². The van der Waals surface area contributed by atoms with Gasteiger partial charge in [-0.15, -0.1) is 10.2 Å². The van der Waals surface area contributed by atoms with Crippen molar-refractivity contribution in [2.45, 2.75) is 46.0 Å². The number of hydrogen-bond donors (Lipinski definition) is 2. The molecule has 0 radical (unpaired) electrons. The molecule has 8 heteroatoms. The lowest BCUT2D eigenvalue weighted by atomic mass is 9.91. The second kappa shape index (κ2) is 6.20. The summed E-state index contributed by atoms with van der Waals surface area (Å²) in [6.07, 6.45) is 1.58. The van der Waals surface area contributed by atoms with Gasteiger partial charge in [0, 0.05) is 12.5 Å². The van der Waals surface area contributed by atoms with E-state index >= 15 is 0 Å². The van der Waals surface area contributed by atoms with Gasteiger partial charge < -0.3 is 5.11 Å². The first-order valence-electron chi connectivity index (χ1n) is 7.45. The maximum absolute atomic E-state index is 10.1. The van der Waals surface area contributed by atoms with Crippen molar-refractivity contribution in [2.75, 3.05) is 0 Å². The first kappa shape index (κ1) is 16.7. The molecule has 0 saturated carbocycles. The number of nitrogens with one attached hydrogen (secondary N) is 1. The zero-order valence-corrected chi connectivity index (χ0v) is 14.0. The van der Waals surface area contributed by atoms with E-state index in [1.54, 1.807) is 7.05 Å². The molecule has 0 aliphatic heterocycles. The average molecular weight is 315 g/mol. The van der Waals surface area contributed by atoms with Crippen molar-refractivity contribution in [2.24, 2.45) is 17.3 Å². The highest BCUT2D eigenvalue weighted by Crippen LogP contribution is 2.38. The molecule has 2 aromatic rings. The van der Waals surface area contributed by atoms with Crippen LogP contribution in [-0.2, 0) is 18.9 Å². The quantitative estimate of drug-likeness (QED) is 0.841. The largest absolute Gasteiger partial charge is 0.492 e. The molecule has 0 fully saturated rings. The van der Waals surface area contributed by atoms with Crippen LogP contribution in [0, 0.1) is 11.3 Å². The van der Waals surface area contributed by atoms with Crippen molar-refractivity contribution in [3.8, 4) is 11.9 Å². The van der Waals surface area contributed by atoms with Gasteiger partial charge in [0.2, 0.25) is 5.88 Å². The summed E-state index contributed by atoms with van der Waals surface area (Å²) < 4.78 is 1.36. The minimum atomic E-state index is -0.299. The molecule has 0 aliphatic carbocycles. The fraction of sp³-hybridized carbons (Fsp3) is 0.533. The van der Waals surface area contributed by atoms with Crippen LogP contribution in [0.25, 0.3) is 0 Å². The van der Waals surface area contributed by atoms with E-state index < -0.39 is 0 Å². The van der Waals surface area contributed by atoms with Gasteiger partial charge in [0.25, 0.3) is 0 Å². The first-order chi connectivity index (χ1) is 10.8. The SMILES string of the molecule is CCCc1n[nH]c(/N=N/c2c(C(C)(C)C)nn(C)c2O)c1C#N. The van der Waals surface area contributed by atoms with E-state index in [1.807, 2.05) is 27.7 Å². The lowest BCUT2D eigenvalue weighted by Gasteiger charge is -2.14. The standard InChI is InChI=1S/C15H21N7O/c1-6-7-10-9(8-16)13(19-17-10)20-18-11-12(15(2,3)4)21-22(5)14(11)23/h23H,6-7H2,1-5H3,(H,17,19)/b20-18+. The Morgan fingerprint density at radius 1 is 1.35 bits per heavy atom. The van der Waals surface area contributed by atoms with Gasteiger partial charge in [-0.2, -0.15) is 15.5 Å². The second-order valence-electron chi connectivity index (χ2n) is 6.35. The number of aromatic nitrogens is 4. The topological polar surface area (TPSA) is 115 Å². The smallest absolute Gasteiger partial charge is 0.238 e. The maximum atomic E-state index is 10.1. The van der Waals surface area contributed by atoms with Crippen LogP contribution in [-0.4, -0.2) is 25.1 Å². The Morgan fingerprint density at radius 3 is 2.61 bits per heavy atom. The summed E-state index contributed by atoms with van der Waals surface area (Å²) in [5.41, 5.74) is 1.70. The van der Waals surface area contributed by atoms with E-state index in [0.717, 1.165) is 6.42 Å². The highest BCUT2D eigenvalue weighted by Gasteiger charge is 2.26. The number of aryl methyl sites for hydroxylation is 2. The van der Waals surface area contributed by atoms with E-state index in [9.17, 15) is 10.4 Å². The number of nitrogens with zero attached hydrogens (tertiary/aromatic N) is 6. The van der Waals surface area contributed by atoms with Gasteiger partial charge in [0.15, 0.2) is 11.5 Å². The highest BCUT2D eigenvalue weighted by atomic mass is 16.3. The molecule has 122 valence electrons. The molecule has 0 bridgehead atoms. The summed E-state index contributed by atoms with van der Waals surface area (Å²) in [5, 5.41) is 38.7. The molecule has 2 N–H and O–H groups in total. The molecule has 0 amide bonds. The molecular formula is C15H21N7O. The molecule has 2 heterocycles. The maximum Gasteiger partial charge on any atom is 0.238 e. The van der Waals surface area contributed by atoms with Gasteiger partial charge in [-0.1, -0.05) is 34.1 Å². The summed E-state index contributed by atoms with van der Waals surface area (Å²) >= 11 is 0. The first-order valence-corrected chi connectivity index (χ1v) is 7.45. The normalized spacial score (nSPS) is 12.0. The summed E-state index contributed by atoms with van der Waals surface area (Å²) in [6.45, 7) is 7.94. The Morgan fingerprint density at radius 2 is 2.04 bits per heavy atom. The summed E-state index contributed by atoms with van der Waals surface area (Å²) in [6, 6.07) is 2.10. The molecule has 0 saturated heterocycles. The number of aromatic hydroxyl groups is 1. The van der Waals surface area contributed by atoms with Gasteiger partial charge >= 0.3 is 0 Å². The number of aromatic amines is 1. The lowest BCUT2D eigenvalue weighted by molar-refractivity contribution is 0.419. The monoisotopic (exact) mass is 315 g/mol. The van der Waals surface area contributed by atoms with E-state index in [2.05, 4.69) is 31.6 Å². The molecule has 8 nitrogen and oxygen atoms in total. The second-order valence-corrected chi connectivity index (χ2v) is 6.35. The zero-order valence-electron chi connectivity index (χ0n) is 14.0. The minimum Gasteiger partial charge on any atom is -0.492 e. The predicted molar refractivity (Wildman–Crippen MR) is 85.0 cm³/mol. The molecule has 0 aliphatic rings. The van der Waals surface area contributed by atoms with Crippen molar-refractivity contribution < 1.29 is 5.11 Å². The van der Waals surface area contributed by atoms with Crippen LogP contribution in [0.5, 0.6) is 5.88 Å². The third kappa shape index (κ3) is 3.23. The summed E-state index contributed by atoms with van der Waals surface area (Å²) in [4.78, 5) is 0. The van der Waals surface area contributed by atoms with Crippen molar-refractivity contribution >= 4 is 11.5 Å². The number of hydrogen-bond acceptors (Lipinski definition) is 6. The Bertz CT molecular complexity index is 771.